The first-order valence-corrected chi connectivity index (χ1v) is 6.20. The molecule has 0 fully saturated rings. The molecule has 1 rings (SSSR count). The maximum atomic E-state index is 10.9. The van der Waals surface area contributed by atoms with Gasteiger partial charge in [-0.15, -0.1) is 0 Å². The van der Waals surface area contributed by atoms with Crippen molar-refractivity contribution in [3.63, 3.8) is 0 Å². The van der Waals surface area contributed by atoms with Crippen LogP contribution in [0.15, 0.2) is 18.2 Å². The quantitative estimate of drug-likeness (QED) is 0.837. The average molecular weight is 276 g/mol. The van der Waals surface area contributed by atoms with Gasteiger partial charge in [0.25, 0.3) is 0 Å². The molecule has 0 saturated heterocycles. The van der Waals surface area contributed by atoms with Gasteiger partial charge < -0.3 is 10.4 Å². The Morgan fingerprint density at radius 2 is 2.18 bits per heavy atom. The minimum absolute atomic E-state index is 0.424. The fraction of sp³-hybridized carbons (Fsp3) is 0.417. The predicted octanol–water partition coefficient (Wildman–Crippen LogP) is 3.34. The Labute approximate surface area is 111 Å². The third-order valence-corrected chi connectivity index (χ3v) is 3.02. The van der Waals surface area contributed by atoms with E-state index in [2.05, 4.69) is 5.32 Å². The van der Waals surface area contributed by atoms with Gasteiger partial charge in [-0.2, -0.15) is 0 Å². The Hall–Kier alpha value is -0.770. The summed E-state index contributed by atoms with van der Waals surface area (Å²) in [5, 5.41) is 13.1. The van der Waals surface area contributed by atoms with Crippen LogP contribution in [0.2, 0.25) is 10.0 Å². The first-order chi connectivity index (χ1) is 8.04. The van der Waals surface area contributed by atoms with Gasteiger partial charge >= 0.3 is 5.97 Å². The standard InChI is InChI=1S/C12H15Cl2NO2/c1-2-3-11(12(16)17)15-7-8-4-5-9(13)6-10(8)14/h4-6,11,15H,2-3,7H2,1H3,(H,16,17). The van der Waals surface area contributed by atoms with Crippen molar-refractivity contribution in [2.75, 3.05) is 0 Å². The summed E-state index contributed by atoms with van der Waals surface area (Å²) in [6.07, 6.45) is 1.42. The van der Waals surface area contributed by atoms with E-state index in [1.807, 2.05) is 6.92 Å². The van der Waals surface area contributed by atoms with Gasteiger partial charge in [0.1, 0.15) is 6.04 Å². The van der Waals surface area contributed by atoms with Crippen LogP contribution in [-0.4, -0.2) is 17.1 Å². The van der Waals surface area contributed by atoms with Crippen molar-refractivity contribution in [2.24, 2.45) is 0 Å². The molecule has 0 radical (unpaired) electrons. The summed E-state index contributed by atoms with van der Waals surface area (Å²) in [5.41, 5.74) is 0.846. The highest BCUT2D eigenvalue weighted by atomic mass is 35.5. The SMILES string of the molecule is CCCC(NCc1ccc(Cl)cc1Cl)C(=O)O. The van der Waals surface area contributed by atoms with Crippen LogP contribution in [-0.2, 0) is 11.3 Å². The van der Waals surface area contributed by atoms with E-state index in [1.54, 1.807) is 18.2 Å². The van der Waals surface area contributed by atoms with Crippen molar-refractivity contribution in [1.82, 2.24) is 5.32 Å². The molecule has 1 aromatic rings. The first kappa shape index (κ1) is 14.3. The molecule has 5 heteroatoms. The zero-order valence-electron chi connectivity index (χ0n) is 9.54. The number of carbonyl (C=O) groups is 1. The van der Waals surface area contributed by atoms with E-state index in [-0.39, 0.29) is 0 Å². The number of aliphatic carboxylic acids is 1. The van der Waals surface area contributed by atoms with Crippen molar-refractivity contribution in [3.05, 3.63) is 33.8 Å². The summed E-state index contributed by atoms with van der Waals surface area (Å²) < 4.78 is 0. The summed E-state index contributed by atoms with van der Waals surface area (Å²) in [5.74, 6) is -0.836. The summed E-state index contributed by atoms with van der Waals surface area (Å²) in [7, 11) is 0. The first-order valence-electron chi connectivity index (χ1n) is 5.44. The third-order valence-electron chi connectivity index (χ3n) is 2.43. The Balaban J connectivity index is 2.62. The van der Waals surface area contributed by atoms with E-state index in [1.165, 1.54) is 0 Å². The lowest BCUT2D eigenvalue weighted by Crippen LogP contribution is -2.36. The van der Waals surface area contributed by atoms with Crippen LogP contribution in [0, 0.1) is 0 Å². The summed E-state index contributed by atoms with van der Waals surface area (Å²) in [6.45, 7) is 2.37. The van der Waals surface area contributed by atoms with Crippen LogP contribution in [0.25, 0.3) is 0 Å². The highest BCUT2D eigenvalue weighted by Gasteiger charge is 2.15. The average Bonchev–Trinajstić information content (AvgIpc) is 2.25. The second-order valence-electron chi connectivity index (χ2n) is 3.80. The molecule has 1 aromatic carbocycles. The molecular formula is C12H15Cl2NO2. The van der Waals surface area contributed by atoms with E-state index in [9.17, 15) is 4.79 Å². The lowest BCUT2D eigenvalue weighted by molar-refractivity contribution is -0.139. The molecule has 2 N–H and O–H groups in total. The maximum Gasteiger partial charge on any atom is 0.320 e. The number of hydrogen-bond acceptors (Lipinski definition) is 2. The van der Waals surface area contributed by atoms with Crippen LogP contribution in [0.5, 0.6) is 0 Å². The molecular weight excluding hydrogens is 261 g/mol. The number of hydrogen-bond donors (Lipinski definition) is 2. The molecule has 0 aliphatic heterocycles. The lowest BCUT2D eigenvalue weighted by Gasteiger charge is -2.14. The van der Waals surface area contributed by atoms with Gasteiger partial charge in [0.15, 0.2) is 0 Å². The smallest absolute Gasteiger partial charge is 0.320 e. The predicted molar refractivity (Wildman–Crippen MR) is 69.6 cm³/mol. The zero-order valence-corrected chi connectivity index (χ0v) is 11.1. The largest absolute Gasteiger partial charge is 0.480 e. The molecule has 17 heavy (non-hydrogen) atoms. The Morgan fingerprint density at radius 3 is 2.71 bits per heavy atom. The normalized spacial score (nSPS) is 12.4. The zero-order chi connectivity index (χ0) is 12.8. The highest BCUT2D eigenvalue weighted by molar-refractivity contribution is 6.35. The van der Waals surface area contributed by atoms with Gasteiger partial charge in [0.2, 0.25) is 0 Å². The van der Waals surface area contributed by atoms with Gasteiger partial charge in [-0.05, 0) is 24.1 Å². The topological polar surface area (TPSA) is 49.3 Å². The molecule has 3 nitrogen and oxygen atoms in total. The summed E-state index contributed by atoms with van der Waals surface area (Å²) >= 11 is 11.8. The van der Waals surface area contributed by atoms with Crippen LogP contribution in [0.3, 0.4) is 0 Å². The van der Waals surface area contributed by atoms with Gasteiger partial charge in [-0.3, -0.25) is 4.79 Å². The molecule has 1 atom stereocenters. The minimum atomic E-state index is -0.836. The Bertz CT molecular complexity index is 396. The molecule has 94 valence electrons. The molecule has 0 saturated carbocycles. The molecule has 0 heterocycles. The van der Waals surface area contributed by atoms with Crippen LogP contribution in [0.4, 0.5) is 0 Å². The second-order valence-corrected chi connectivity index (χ2v) is 4.64. The fourth-order valence-corrected chi connectivity index (χ4v) is 1.98. The van der Waals surface area contributed by atoms with E-state index >= 15 is 0 Å². The van der Waals surface area contributed by atoms with Crippen molar-refractivity contribution < 1.29 is 9.90 Å². The summed E-state index contributed by atoms with van der Waals surface area (Å²) in [6, 6.07) is 4.64. The van der Waals surface area contributed by atoms with E-state index in [0.717, 1.165) is 12.0 Å². The number of nitrogens with one attached hydrogen (secondary N) is 1. The molecule has 0 aromatic heterocycles. The number of rotatable bonds is 6. The van der Waals surface area contributed by atoms with E-state index in [4.69, 9.17) is 28.3 Å². The van der Waals surface area contributed by atoms with Crippen molar-refractivity contribution in [1.29, 1.82) is 0 Å². The number of benzene rings is 1. The van der Waals surface area contributed by atoms with Crippen molar-refractivity contribution >= 4 is 29.2 Å². The number of halogens is 2. The van der Waals surface area contributed by atoms with Crippen molar-refractivity contribution in [3.8, 4) is 0 Å². The van der Waals surface area contributed by atoms with Crippen LogP contribution >= 0.6 is 23.2 Å². The Morgan fingerprint density at radius 1 is 1.47 bits per heavy atom. The molecule has 0 bridgehead atoms. The molecule has 1 unspecified atom stereocenters. The van der Waals surface area contributed by atoms with Gasteiger partial charge in [0.05, 0.1) is 0 Å². The number of carboxylic acids is 1. The minimum Gasteiger partial charge on any atom is -0.480 e. The number of carboxylic acid groups (broad SMARTS) is 1. The molecule has 0 aliphatic rings. The van der Waals surface area contributed by atoms with E-state index < -0.39 is 12.0 Å². The monoisotopic (exact) mass is 275 g/mol. The highest BCUT2D eigenvalue weighted by Crippen LogP contribution is 2.20. The second kappa shape index (κ2) is 6.84. The Kier molecular flexibility index (Phi) is 5.75. The molecule has 0 spiro atoms. The molecule has 0 amide bonds. The van der Waals surface area contributed by atoms with Gasteiger partial charge in [-0.1, -0.05) is 42.6 Å². The lowest BCUT2D eigenvalue weighted by atomic mass is 10.1. The van der Waals surface area contributed by atoms with Gasteiger partial charge in [0, 0.05) is 16.6 Å². The fourth-order valence-electron chi connectivity index (χ4n) is 1.50. The van der Waals surface area contributed by atoms with Crippen LogP contribution < -0.4 is 5.32 Å². The maximum absolute atomic E-state index is 10.9. The van der Waals surface area contributed by atoms with Crippen LogP contribution in [0.1, 0.15) is 25.3 Å². The third kappa shape index (κ3) is 4.54. The molecule has 0 aliphatic carbocycles. The summed E-state index contributed by atoms with van der Waals surface area (Å²) in [4.78, 5) is 10.9. The van der Waals surface area contributed by atoms with E-state index in [0.29, 0.717) is 23.0 Å². The van der Waals surface area contributed by atoms with Crippen molar-refractivity contribution in [2.45, 2.75) is 32.4 Å². The van der Waals surface area contributed by atoms with Gasteiger partial charge in [-0.25, -0.2) is 0 Å².